The third-order valence-corrected chi connectivity index (χ3v) is 4.42. The summed E-state index contributed by atoms with van der Waals surface area (Å²) in [5.41, 5.74) is 2.77. The molecule has 0 bridgehead atoms. The van der Waals surface area contributed by atoms with Crippen molar-refractivity contribution in [3.8, 4) is 0 Å². The molecule has 0 saturated heterocycles. The Kier molecular flexibility index (Phi) is 7.18. The number of aryl methyl sites for hydroxylation is 1. The third-order valence-electron chi connectivity index (χ3n) is 4.07. The maximum absolute atomic E-state index is 12.2. The van der Waals surface area contributed by atoms with Gasteiger partial charge in [0.15, 0.2) is 0 Å². The molecular weight excluding hydrogens is 350 g/mol. The number of anilines is 1. The summed E-state index contributed by atoms with van der Waals surface area (Å²) in [6, 6.07) is 15.0. The van der Waals surface area contributed by atoms with Gasteiger partial charge in [-0.15, -0.1) is 0 Å². The lowest BCUT2D eigenvalue weighted by molar-refractivity contribution is -0.132. The molecule has 2 aromatic carbocycles. The number of carbonyl (C=O) groups is 2. The molecule has 26 heavy (non-hydrogen) atoms. The Bertz CT molecular complexity index is 762. The van der Waals surface area contributed by atoms with E-state index < -0.39 is 0 Å². The molecular formula is C20H24ClN3O2. The van der Waals surface area contributed by atoms with Crippen molar-refractivity contribution in [1.29, 1.82) is 0 Å². The van der Waals surface area contributed by atoms with Gasteiger partial charge in [0.05, 0.1) is 13.1 Å². The minimum atomic E-state index is -0.233. The number of rotatable bonds is 7. The molecule has 0 radical (unpaired) electrons. The maximum Gasteiger partial charge on any atom is 0.243 e. The number of likely N-dealkylation sites (N-methyl/N-ethyl adjacent to an activating group) is 1. The van der Waals surface area contributed by atoms with E-state index in [2.05, 4.69) is 10.6 Å². The van der Waals surface area contributed by atoms with Crippen molar-refractivity contribution in [2.75, 3.05) is 25.5 Å². The molecule has 2 aromatic rings. The van der Waals surface area contributed by atoms with Gasteiger partial charge in [-0.05, 0) is 37.6 Å². The van der Waals surface area contributed by atoms with Crippen LogP contribution in [0.1, 0.15) is 24.1 Å². The quantitative estimate of drug-likeness (QED) is 0.782. The number of amides is 2. The first kappa shape index (κ1) is 19.9. The number of benzene rings is 2. The van der Waals surface area contributed by atoms with Gasteiger partial charge in [0.2, 0.25) is 11.8 Å². The van der Waals surface area contributed by atoms with E-state index in [1.54, 1.807) is 7.05 Å². The summed E-state index contributed by atoms with van der Waals surface area (Å²) in [4.78, 5) is 25.7. The fraction of sp³-hybridized carbons (Fsp3) is 0.300. The lowest BCUT2D eigenvalue weighted by Gasteiger charge is -2.20. The highest BCUT2D eigenvalue weighted by Crippen LogP contribution is 2.21. The highest BCUT2D eigenvalue weighted by Gasteiger charge is 2.15. The SMILES string of the molecule is Cc1ccc(NC(=O)CN(C)C(=O)CN[C@@H](C)c2ccccc2Cl)cc1. The van der Waals surface area contributed by atoms with Crippen molar-refractivity contribution in [3.05, 3.63) is 64.7 Å². The first-order chi connectivity index (χ1) is 12.4. The van der Waals surface area contributed by atoms with Crippen LogP contribution < -0.4 is 10.6 Å². The minimum absolute atomic E-state index is 0.00510. The molecule has 0 fully saturated rings. The zero-order valence-corrected chi connectivity index (χ0v) is 16.0. The van der Waals surface area contributed by atoms with Crippen molar-refractivity contribution in [2.45, 2.75) is 19.9 Å². The van der Waals surface area contributed by atoms with Crippen molar-refractivity contribution in [1.82, 2.24) is 10.2 Å². The third kappa shape index (κ3) is 5.86. The van der Waals surface area contributed by atoms with E-state index >= 15 is 0 Å². The highest BCUT2D eigenvalue weighted by molar-refractivity contribution is 6.31. The second-order valence-electron chi connectivity index (χ2n) is 6.29. The fourth-order valence-corrected chi connectivity index (χ4v) is 2.75. The second kappa shape index (κ2) is 9.36. The first-order valence-corrected chi connectivity index (χ1v) is 8.83. The Labute approximate surface area is 159 Å². The lowest BCUT2D eigenvalue weighted by atomic mass is 10.1. The Morgan fingerprint density at radius 3 is 2.42 bits per heavy atom. The van der Waals surface area contributed by atoms with Crippen LogP contribution >= 0.6 is 11.6 Å². The smallest absolute Gasteiger partial charge is 0.243 e. The molecule has 2 rings (SSSR count). The first-order valence-electron chi connectivity index (χ1n) is 8.45. The van der Waals surface area contributed by atoms with Gasteiger partial charge in [-0.3, -0.25) is 9.59 Å². The molecule has 0 unspecified atom stereocenters. The average Bonchev–Trinajstić information content (AvgIpc) is 2.61. The van der Waals surface area contributed by atoms with Gasteiger partial charge in [0, 0.05) is 23.8 Å². The number of nitrogens with zero attached hydrogens (tertiary/aromatic N) is 1. The van der Waals surface area contributed by atoms with Crippen LogP contribution in [0.15, 0.2) is 48.5 Å². The molecule has 1 atom stereocenters. The molecule has 6 heteroatoms. The van der Waals surface area contributed by atoms with Crippen LogP contribution in [0.2, 0.25) is 5.02 Å². The molecule has 0 aliphatic rings. The van der Waals surface area contributed by atoms with Crippen LogP contribution in [0.5, 0.6) is 0 Å². The Balaban J connectivity index is 1.80. The Morgan fingerprint density at radius 1 is 1.12 bits per heavy atom. The van der Waals surface area contributed by atoms with E-state index in [0.29, 0.717) is 10.7 Å². The van der Waals surface area contributed by atoms with Gasteiger partial charge in [0.25, 0.3) is 0 Å². The molecule has 5 nitrogen and oxygen atoms in total. The fourth-order valence-electron chi connectivity index (χ4n) is 2.45. The molecule has 2 N–H and O–H groups in total. The van der Waals surface area contributed by atoms with E-state index in [9.17, 15) is 9.59 Å². The van der Waals surface area contributed by atoms with Gasteiger partial charge in [0.1, 0.15) is 0 Å². The number of carbonyl (C=O) groups excluding carboxylic acids is 2. The Hall–Kier alpha value is -2.37. The predicted octanol–water partition coefficient (Wildman–Crippen LogP) is 3.40. The van der Waals surface area contributed by atoms with Crippen LogP contribution in [-0.4, -0.2) is 36.9 Å². The monoisotopic (exact) mass is 373 g/mol. The standard InChI is InChI=1S/C20H24ClN3O2/c1-14-8-10-16(11-9-14)23-19(25)13-24(3)20(26)12-22-15(2)17-6-4-5-7-18(17)21/h4-11,15,22H,12-13H2,1-3H3,(H,23,25)/t15-/m0/s1. The van der Waals surface area contributed by atoms with Gasteiger partial charge in [-0.1, -0.05) is 47.5 Å². The summed E-state index contributed by atoms with van der Waals surface area (Å²) < 4.78 is 0. The zero-order chi connectivity index (χ0) is 19.1. The molecule has 0 spiro atoms. The predicted molar refractivity (Wildman–Crippen MR) is 105 cm³/mol. The summed E-state index contributed by atoms with van der Waals surface area (Å²) in [7, 11) is 1.61. The highest BCUT2D eigenvalue weighted by atomic mass is 35.5. The van der Waals surface area contributed by atoms with E-state index in [1.165, 1.54) is 4.90 Å². The summed E-state index contributed by atoms with van der Waals surface area (Å²) >= 11 is 6.16. The molecule has 0 saturated carbocycles. The van der Waals surface area contributed by atoms with Crippen LogP contribution in [0.25, 0.3) is 0 Å². The molecule has 0 aliphatic heterocycles. The van der Waals surface area contributed by atoms with E-state index in [1.807, 2.05) is 62.4 Å². The van der Waals surface area contributed by atoms with Gasteiger partial charge >= 0.3 is 0 Å². The number of halogens is 1. The zero-order valence-electron chi connectivity index (χ0n) is 15.3. The van der Waals surface area contributed by atoms with Crippen LogP contribution in [-0.2, 0) is 9.59 Å². The van der Waals surface area contributed by atoms with Crippen molar-refractivity contribution >= 4 is 29.1 Å². The molecule has 2 amide bonds. The number of hydrogen-bond acceptors (Lipinski definition) is 3. The molecule has 138 valence electrons. The summed E-state index contributed by atoms with van der Waals surface area (Å²) in [6.45, 7) is 4.04. The maximum atomic E-state index is 12.2. The average molecular weight is 374 g/mol. The lowest BCUT2D eigenvalue weighted by Crippen LogP contribution is -2.40. The van der Waals surface area contributed by atoms with Gasteiger partial charge in [-0.2, -0.15) is 0 Å². The largest absolute Gasteiger partial charge is 0.335 e. The van der Waals surface area contributed by atoms with E-state index in [0.717, 1.165) is 11.1 Å². The number of nitrogens with one attached hydrogen (secondary N) is 2. The van der Waals surface area contributed by atoms with Crippen LogP contribution in [0.3, 0.4) is 0 Å². The normalized spacial score (nSPS) is 11.7. The van der Waals surface area contributed by atoms with Gasteiger partial charge in [-0.25, -0.2) is 0 Å². The van der Waals surface area contributed by atoms with Crippen LogP contribution in [0, 0.1) is 6.92 Å². The van der Waals surface area contributed by atoms with Crippen LogP contribution in [0.4, 0.5) is 5.69 Å². The summed E-state index contributed by atoms with van der Waals surface area (Å²) in [5.74, 6) is -0.396. The van der Waals surface area contributed by atoms with Crippen molar-refractivity contribution in [2.24, 2.45) is 0 Å². The summed E-state index contributed by atoms with van der Waals surface area (Å²) in [5, 5.41) is 6.58. The Morgan fingerprint density at radius 2 is 1.77 bits per heavy atom. The van der Waals surface area contributed by atoms with Gasteiger partial charge < -0.3 is 15.5 Å². The van der Waals surface area contributed by atoms with Crippen molar-refractivity contribution < 1.29 is 9.59 Å². The van der Waals surface area contributed by atoms with Crippen molar-refractivity contribution in [3.63, 3.8) is 0 Å². The summed E-state index contributed by atoms with van der Waals surface area (Å²) in [6.07, 6.45) is 0. The molecule has 0 heterocycles. The van der Waals surface area contributed by atoms with E-state index in [4.69, 9.17) is 11.6 Å². The second-order valence-corrected chi connectivity index (χ2v) is 6.70. The topological polar surface area (TPSA) is 61.4 Å². The van der Waals surface area contributed by atoms with E-state index in [-0.39, 0.29) is 30.9 Å². The number of hydrogen-bond donors (Lipinski definition) is 2. The molecule has 0 aliphatic carbocycles. The minimum Gasteiger partial charge on any atom is -0.335 e. The molecule has 0 aromatic heterocycles.